The highest BCUT2D eigenvalue weighted by atomic mass is 16.6. The van der Waals surface area contributed by atoms with Crippen LogP contribution in [-0.4, -0.2) is 37.2 Å². The molecule has 0 aromatic carbocycles. The van der Waals surface area contributed by atoms with Crippen LogP contribution in [-0.2, 0) is 28.6 Å². The molecule has 0 aromatic heterocycles. The molecule has 0 radical (unpaired) electrons. The number of rotatable bonds is 59. The lowest BCUT2D eigenvalue weighted by Crippen LogP contribution is -2.30. The van der Waals surface area contributed by atoms with Gasteiger partial charge in [-0.3, -0.25) is 14.4 Å². The molecule has 0 aliphatic rings. The Balaban J connectivity index is 4.30. The maximum absolute atomic E-state index is 12.9. The molecule has 0 aliphatic heterocycles. The molecule has 0 saturated carbocycles. The van der Waals surface area contributed by atoms with Crippen LogP contribution in [0, 0.1) is 0 Å². The van der Waals surface area contributed by atoms with Crippen molar-refractivity contribution < 1.29 is 28.6 Å². The minimum Gasteiger partial charge on any atom is -0.462 e. The zero-order valence-electron chi connectivity index (χ0n) is 50.7. The van der Waals surface area contributed by atoms with E-state index in [0.29, 0.717) is 19.3 Å². The second-order valence-electron chi connectivity index (χ2n) is 21.6. The van der Waals surface area contributed by atoms with E-state index in [0.717, 1.165) is 116 Å². The molecule has 6 nitrogen and oxygen atoms in total. The van der Waals surface area contributed by atoms with Gasteiger partial charge in [0.15, 0.2) is 6.10 Å². The summed E-state index contributed by atoms with van der Waals surface area (Å²) in [5, 5.41) is 0. The smallest absolute Gasteiger partial charge is 0.306 e. The van der Waals surface area contributed by atoms with Crippen LogP contribution in [0.5, 0.6) is 0 Å². The Morgan fingerprint density at radius 2 is 0.506 bits per heavy atom. The summed E-state index contributed by atoms with van der Waals surface area (Å²) < 4.78 is 16.9. The van der Waals surface area contributed by atoms with Gasteiger partial charge in [-0.1, -0.05) is 272 Å². The second-order valence-corrected chi connectivity index (χ2v) is 21.6. The molecule has 6 heteroatoms. The average Bonchev–Trinajstić information content (AvgIpc) is 3.43. The number of esters is 3. The summed E-state index contributed by atoms with van der Waals surface area (Å²) in [7, 11) is 0. The zero-order valence-corrected chi connectivity index (χ0v) is 50.7. The molecule has 0 aliphatic carbocycles. The van der Waals surface area contributed by atoms with Crippen LogP contribution < -0.4 is 0 Å². The van der Waals surface area contributed by atoms with Crippen LogP contribution in [0.3, 0.4) is 0 Å². The topological polar surface area (TPSA) is 78.9 Å². The van der Waals surface area contributed by atoms with Crippen LogP contribution in [0.4, 0.5) is 0 Å². The Labute approximate surface area is 477 Å². The van der Waals surface area contributed by atoms with E-state index in [1.54, 1.807) is 0 Å². The summed E-state index contributed by atoms with van der Waals surface area (Å²) in [5.74, 6) is -0.894. The summed E-state index contributed by atoms with van der Waals surface area (Å²) in [6, 6.07) is 0. The predicted molar refractivity (Wildman–Crippen MR) is 334 cm³/mol. The van der Waals surface area contributed by atoms with Gasteiger partial charge >= 0.3 is 17.9 Å². The molecule has 0 N–H and O–H groups in total. The SMILES string of the molecule is CC/C=C\C/C=C\C/C=C\C/C=C\C/C=C\C/C=C\CCCCCCCCCCCCC(=O)OCC(COC(=O)CCCCCCC/C=C\CCCCCCCC)OC(=O)CCCCCCC/C=C\CCCCCCCC. The maximum Gasteiger partial charge on any atom is 0.306 e. The van der Waals surface area contributed by atoms with Gasteiger partial charge in [-0.25, -0.2) is 0 Å². The Kier molecular flexibility index (Phi) is 61.8. The van der Waals surface area contributed by atoms with Crippen molar-refractivity contribution in [1.82, 2.24) is 0 Å². The summed E-state index contributed by atoms with van der Waals surface area (Å²) in [4.78, 5) is 38.3. The largest absolute Gasteiger partial charge is 0.462 e. The molecular weight excluding hydrogens is 949 g/mol. The first-order valence-electron chi connectivity index (χ1n) is 32.7. The molecule has 1 atom stereocenters. The number of hydrogen-bond acceptors (Lipinski definition) is 6. The van der Waals surface area contributed by atoms with E-state index in [1.165, 1.54) is 161 Å². The molecule has 77 heavy (non-hydrogen) atoms. The molecule has 1 unspecified atom stereocenters. The molecule has 0 saturated heterocycles. The summed E-state index contributed by atoms with van der Waals surface area (Å²) in [6.45, 7) is 6.52. The van der Waals surface area contributed by atoms with E-state index in [4.69, 9.17) is 14.2 Å². The normalized spacial score (nSPS) is 12.7. The minimum atomic E-state index is -0.788. The molecule has 0 rings (SSSR count). The highest BCUT2D eigenvalue weighted by Crippen LogP contribution is 2.16. The first-order valence-corrected chi connectivity index (χ1v) is 32.7. The molecule has 0 aromatic rings. The molecule has 0 fully saturated rings. The van der Waals surface area contributed by atoms with Gasteiger partial charge in [0.2, 0.25) is 0 Å². The van der Waals surface area contributed by atoms with Crippen molar-refractivity contribution >= 4 is 17.9 Å². The standard InChI is InChI=1S/C71H122O6/c1-4-7-10-13-16-19-22-25-28-29-30-31-32-33-34-35-36-37-38-39-40-41-44-46-49-52-55-58-61-64-70(73)76-67-68(77-71(74)65-62-59-56-53-50-47-43-27-24-21-18-15-12-9-6-3)66-75-69(72)63-60-57-54-51-48-45-42-26-23-20-17-14-11-8-5-2/h7,10,16,19,25-28,30-31,33-34,36-37,42-43,68H,4-6,8-9,11-15,17-18,20-24,29,32,35,38-41,44-67H2,1-3H3/b10-7-,19-16-,28-25-,31-30-,34-33-,37-36-,42-26-,43-27-. The number of unbranched alkanes of at least 4 members (excludes halogenated alkanes) is 32. The lowest BCUT2D eigenvalue weighted by atomic mass is 10.1. The van der Waals surface area contributed by atoms with E-state index in [1.807, 2.05) is 0 Å². The fraction of sp³-hybridized carbons (Fsp3) is 0.732. The Morgan fingerprint density at radius 3 is 0.805 bits per heavy atom. The predicted octanol–water partition coefficient (Wildman–Crippen LogP) is 22.4. The molecule has 0 amide bonds. The lowest BCUT2D eigenvalue weighted by molar-refractivity contribution is -0.167. The van der Waals surface area contributed by atoms with E-state index in [-0.39, 0.29) is 31.1 Å². The summed E-state index contributed by atoms with van der Waals surface area (Å²) in [5.41, 5.74) is 0. The van der Waals surface area contributed by atoms with Gasteiger partial charge in [0.25, 0.3) is 0 Å². The molecule has 0 heterocycles. The summed E-state index contributed by atoms with van der Waals surface area (Å²) >= 11 is 0. The lowest BCUT2D eigenvalue weighted by Gasteiger charge is -2.18. The highest BCUT2D eigenvalue weighted by molar-refractivity contribution is 5.71. The van der Waals surface area contributed by atoms with Crippen molar-refractivity contribution in [3.63, 3.8) is 0 Å². The number of carbonyl (C=O) groups is 3. The summed E-state index contributed by atoms with van der Waals surface area (Å²) in [6.07, 6.45) is 87.0. The van der Waals surface area contributed by atoms with Crippen LogP contribution >= 0.6 is 0 Å². The van der Waals surface area contributed by atoms with E-state index >= 15 is 0 Å². The van der Waals surface area contributed by atoms with Gasteiger partial charge in [0.1, 0.15) is 13.2 Å². The fourth-order valence-corrected chi connectivity index (χ4v) is 9.14. The van der Waals surface area contributed by atoms with Gasteiger partial charge in [-0.2, -0.15) is 0 Å². The van der Waals surface area contributed by atoms with Gasteiger partial charge in [-0.15, -0.1) is 0 Å². The van der Waals surface area contributed by atoms with Crippen LogP contribution in [0.1, 0.15) is 316 Å². The fourth-order valence-electron chi connectivity index (χ4n) is 9.14. The number of ether oxygens (including phenoxy) is 3. The number of allylic oxidation sites excluding steroid dienone is 16. The first-order chi connectivity index (χ1) is 38.0. The van der Waals surface area contributed by atoms with Crippen molar-refractivity contribution in [1.29, 1.82) is 0 Å². The molecular formula is C71H122O6. The van der Waals surface area contributed by atoms with Crippen molar-refractivity contribution in [3.8, 4) is 0 Å². The van der Waals surface area contributed by atoms with Crippen LogP contribution in [0.15, 0.2) is 97.2 Å². The third-order valence-corrected chi connectivity index (χ3v) is 14.0. The van der Waals surface area contributed by atoms with Gasteiger partial charge in [0.05, 0.1) is 0 Å². The van der Waals surface area contributed by atoms with Crippen molar-refractivity contribution in [2.75, 3.05) is 13.2 Å². The average molecular weight is 1070 g/mol. The third-order valence-electron chi connectivity index (χ3n) is 14.0. The zero-order chi connectivity index (χ0) is 55.7. The Morgan fingerprint density at radius 1 is 0.273 bits per heavy atom. The van der Waals surface area contributed by atoms with Crippen molar-refractivity contribution in [3.05, 3.63) is 97.2 Å². The van der Waals surface area contributed by atoms with E-state index in [9.17, 15) is 14.4 Å². The number of carbonyl (C=O) groups excluding carboxylic acids is 3. The van der Waals surface area contributed by atoms with Crippen molar-refractivity contribution in [2.24, 2.45) is 0 Å². The minimum absolute atomic E-state index is 0.0843. The maximum atomic E-state index is 12.9. The molecule has 0 bridgehead atoms. The van der Waals surface area contributed by atoms with Crippen LogP contribution in [0.2, 0.25) is 0 Å². The van der Waals surface area contributed by atoms with Gasteiger partial charge in [-0.05, 0) is 122 Å². The van der Waals surface area contributed by atoms with Crippen LogP contribution in [0.25, 0.3) is 0 Å². The second kappa shape index (κ2) is 64.9. The Hall–Kier alpha value is -3.67. The quantitative estimate of drug-likeness (QED) is 0.0261. The molecule has 0 spiro atoms. The first kappa shape index (κ1) is 73.3. The van der Waals surface area contributed by atoms with E-state index in [2.05, 4.69) is 118 Å². The Bertz CT molecular complexity index is 1510. The van der Waals surface area contributed by atoms with E-state index < -0.39 is 6.10 Å². The third kappa shape index (κ3) is 63.0. The van der Waals surface area contributed by atoms with Crippen molar-refractivity contribution in [2.45, 2.75) is 322 Å². The highest BCUT2D eigenvalue weighted by Gasteiger charge is 2.19. The molecule has 442 valence electrons. The van der Waals surface area contributed by atoms with Gasteiger partial charge < -0.3 is 14.2 Å². The van der Waals surface area contributed by atoms with Gasteiger partial charge in [0, 0.05) is 19.3 Å². The monoisotopic (exact) mass is 1070 g/mol. The number of hydrogen-bond donors (Lipinski definition) is 0.